The molecule has 0 fully saturated rings. The van der Waals surface area contributed by atoms with Crippen LogP contribution in [0, 0.1) is 0 Å². The summed E-state index contributed by atoms with van der Waals surface area (Å²) in [6.45, 7) is 4.22. The van der Waals surface area contributed by atoms with Gasteiger partial charge in [0.25, 0.3) is 0 Å². The fourth-order valence-corrected chi connectivity index (χ4v) is 5.42. The van der Waals surface area contributed by atoms with Crippen molar-refractivity contribution in [1.82, 2.24) is 10.6 Å². The zero-order chi connectivity index (χ0) is 36.4. The van der Waals surface area contributed by atoms with Gasteiger partial charge in [-0.25, -0.2) is 4.79 Å². The Labute approximate surface area is 297 Å². The minimum Gasteiger partial charge on any atom is -0.480 e. The molecule has 3 unspecified atom stereocenters. The van der Waals surface area contributed by atoms with E-state index >= 15 is 0 Å². The number of carbonyl (C=O) groups is 3. The Morgan fingerprint density at radius 1 is 0.673 bits per heavy atom. The van der Waals surface area contributed by atoms with Gasteiger partial charge in [-0.1, -0.05) is 120 Å². The Bertz CT molecular complexity index is 962. The summed E-state index contributed by atoms with van der Waals surface area (Å²) in [5.41, 5.74) is 16.9. The van der Waals surface area contributed by atoms with Crippen molar-refractivity contribution in [3.8, 4) is 0 Å². The number of allylic oxidation sites excluding steroid dienone is 2. The molecule has 0 heterocycles. The number of benzene rings is 1. The molecule has 1 rings (SSSR count). The zero-order valence-corrected chi connectivity index (χ0v) is 30.6. The van der Waals surface area contributed by atoms with Crippen LogP contribution in [0.1, 0.15) is 141 Å². The molecule has 0 aliphatic rings. The summed E-state index contributed by atoms with van der Waals surface area (Å²) >= 11 is 0. The molecule has 1 amide bonds. The number of carboxylic acid groups (broad SMARTS) is 2. The van der Waals surface area contributed by atoms with Crippen molar-refractivity contribution >= 4 is 17.8 Å². The first kappa shape index (κ1) is 46.2. The lowest BCUT2D eigenvalue weighted by Gasteiger charge is -2.22. The smallest absolute Gasteiger partial charge is 0.326 e. The van der Waals surface area contributed by atoms with E-state index in [2.05, 4.69) is 29.7 Å². The number of hydrogen-bond acceptors (Lipinski definition) is 7. The van der Waals surface area contributed by atoms with E-state index in [1.54, 1.807) is 0 Å². The van der Waals surface area contributed by atoms with Crippen LogP contribution < -0.4 is 27.8 Å². The third-order valence-corrected chi connectivity index (χ3v) is 8.53. The van der Waals surface area contributed by atoms with Gasteiger partial charge in [-0.05, 0) is 83.0 Å². The van der Waals surface area contributed by atoms with Crippen molar-refractivity contribution in [3.63, 3.8) is 0 Å². The van der Waals surface area contributed by atoms with E-state index in [9.17, 15) is 19.5 Å². The van der Waals surface area contributed by atoms with Crippen LogP contribution in [0.3, 0.4) is 0 Å². The quantitative estimate of drug-likeness (QED) is 0.0339. The second-order valence-corrected chi connectivity index (χ2v) is 13.0. The molecule has 10 heteroatoms. The van der Waals surface area contributed by atoms with E-state index in [1.165, 1.54) is 77.0 Å². The molecule has 1 aromatic rings. The van der Waals surface area contributed by atoms with Crippen LogP contribution in [0.25, 0.3) is 0 Å². The monoisotopic (exact) mass is 690 g/mol. The van der Waals surface area contributed by atoms with Gasteiger partial charge in [-0.3, -0.25) is 9.59 Å². The van der Waals surface area contributed by atoms with Crippen LogP contribution in [0.4, 0.5) is 0 Å². The predicted octanol–water partition coefficient (Wildman–Crippen LogP) is 6.45. The highest BCUT2D eigenvalue weighted by atomic mass is 16.4. The molecule has 0 aliphatic carbocycles. The van der Waals surface area contributed by atoms with Crippen LogP contribution in [0.15, 0.2) is 42.5 Å². The maximum absolute atomic E-state index is 13.0. The van der Waals surface area contributed by atoms with Crippen molar-refractivity contribution in [2.24, 2.45) is 17.2 Å². The van der Waals surface area contributed by atoms with Gasteiger partial charge in [-0.15, -0.1) is 0 Å². The van der Waals surface area contributed by atoms with Crippen molar-refractivity contribution in [3.05, 3.63) is 48.0 Å². The van der Waals surface area contributed by atoms with Crippen LogP contribution in [-0.2, 0) is 20.8 Å². The SMILES string of the molecule is CCCCCCCC/C=C/CCCCCCCCNC(CCCCN)C(=O)NC(Cc1ccccc1)C(=O)O.NCCCCC(N)C(=O)O. The molecule has 3 atom stereocenters. The van der Waals surface area contributed by atoms with Gasteiger partial charge in [0.2, 0.25) is 5.91 Å². The van der Waals surface area contributed by atoms with Gasteiger partial charge >= 0.3 is 11.9 Å². The zero-order valence-electron chi connectivity index (χ0n) is 30.6. The van der Waals surface area contributed by atoms with E-state index in [-0.39, 0.29) is 12.3 Å². The molecule has 0 saturated carbocycles. The van der Waals surface area contributed by atoms with Gasteiger partial charge in [0.1, 0.15) is 12.1 Å². The number of aliphatic carboxylic acids is 2. The summed E-state index contributed by atoms with van der Waals surface area (Å²) in [7, 11) is 0. The first-order chi connectivity index (χ1) is 23.8. The topological polar surface area (TPSA) is 194 Å². The standard InChI is InChI=1S/C33H57N3O3.C6H14N2O2/c1-2-3-4-5-6-7-8-9-10-11-12-13-14-15-16-22-27-35-30(25-20-21-26-34)32(37)36-31(33(38)39)28-29-23-18-17-19-24-29;7-4-2-1-3-5(8)6(9)10/h9-10,17-19,23-24,30-31,35H,2-8,11-16,20-22,25-28,34H2,1H3,(H,36,37)(H,38,39);5H,1-4,7-8H2,(H,9,10)/b10-9+;. The van der Waals surface area contributed by atoms with E-state index in [0.29, 0.717) is 25.9 Å². The minimum absolute atomic E-state index is 0.236. The predicted molar refractivity (Wildman–Crippen MR) is 202 cm³/mol. The molecule has 0 bridgehead atoms. The highest BCUT2D eigenvalue weighted by Crippen LogP contribution is 2.11. The van der Waals surface area contributed by atoms with Gasteiger partial charge < -0.3 is 38.0 Å². The average molecular weight is 690 g/mol. The second-order valence-electron chi connectivity index (χ2n) is 13.0. The first-order valence-electron chi connectivity index (χ1n) is 19.1. The molecule has 282 valence electrons. The Morgan fingerprint density at radius 2 is 1.20 bits per heavy atom. The van der Waals surface area contributed by atoms with Crippen molar-refractivity contribution in [2.45, 2.75) is 160 Å². The first-order valence-corrected chi connectivity index (χ1v) is 19.1. The fourth-order valence-electron chi connectivity index (χ4n) is 5.42. The summed E-state index contributed by atoms with van der Waals surface area (Å²) in [4.78, 5) is 34.9. The molecule has 0 saturated heterocycles. The average Bonchev–Trinajstić information content (AvgIpc) is 3.09. The highest BCUT2D eigenvalue weighted by Gasteiger charge is 2.25. The van der Waals surface area contributed by atoms with Crippen LogP contribution in [0.5, 0.6) is 0 Å². The van der Waals surface area contributed by atoms with Crippen molar-refractivity contribution in [2.75, 3.05) is 19.6 Å². The molecule has 10 nitrogen and oxygen atoms in total. The van der Waals surface area contributed by atoms with Gasteiger partial charge in [0, 0.05) is 6.42 Å². The number of carboxylic acids is 2. The minimum atomic E-state index is -1.01. The molecule has 0 aliphatic heterocycles. The third kappa shape index (κ3) is 28.7. The van der Waals surface area contributed by atoms with Gasteiger partial charge in [0.05, 0.1) is 6.04 Å². The summed E-state index contributed by atoms with van der Waals surface area (Å²) in [6.07, 6.45) is 27.3. The molecule has 10 N–H and O–H groups in total. The van der Waals surface area contributed by atoms with E-state index in [0.717, 1.165) is 50.6 Å². The number of amides is 1. The fraction of sp³-hybridized carbons (Fsp3) is 0.718. The van der Waals surface area contributed by atoms with Crippen molar-refractivity contribution < 1.29 is 24.6 Å². The summed E-state index contributed by atoms with van der Waals surface area (Å²) in [5, 5.41) is 24.1. The van der Waals surface area contributed by atoms with Crippen LogP contribution >= 0.6 is 0 Å². The number of nitrogens with two attached hydrogens (primary N) is 3. The molecule has 0 aromatic heterocycles. The molecule has 1 aromatic carbocycles. The van der Waals surface area contributed by atoms with E-state index < -0.39 is 30.1 Å². The number of rotatable bonds is 31. The van der Waals surface area contributed by atoms with Crippen molar-refractivity contribution in [1.29, 1.82) is 0 Å². The molecule has 49 heavy (non-hydrogen) atoms. The Balaban J connectivity index is 0.00000198. The van der Waals surface area contributed by atoms with Gasteiger partial charge in [0.15, 0.2) is 0 Å². The normalized spacial score (nSPS) is 13.0. The maximum Gasteiger partial charge on any atom is 0.326 e. The number of hydrogen-bond donors (Lipinski definition) is 7. The molecule has 0 radical (unpaired) electrons. The highest BCUT2D eigenvalue weighted by molar-refractivity contribution is 5.87. The van der Waals surface area contributed by atoms with Crippen LogP contribution in [0.2, 0.25) is 0 Å². The number of unbranched alkanes of at least 4 members (excludes halogenated alkanes) is 14. The Hall–Kier alpha value is -2.79. The lowest BCUT2D eigenvalue weighted by molar-refractivity contribution is -0.142. The summed E-state index contributed by atoms with van der Waals surface area (Å²) in [5.74, 6) is -2.18. The molecular weight excluding hydrogens is 618 g/mol. The van der Waals surface area contributed by atoms with Crippen LogP contribution in [-0.4, -0.2) is 65.8 Å². The molecule has 0 spiro atoms. The van der Waals surface area contributed by atoms with E-state index in [4.69, 9.17) is 22.3 Å². The maximum atomic E-state index is 13.0. The Kier molecular flexibility index (Phi) is 31.8. The van der Waals surface area contributed by atoms with E-state index in [1.807, 2.05) is 30.3 Å². The number of nitrogens with one attached hydrogen (secondary N) is 2. The lowest BCUT2D eigenvalue weighted by atomic mass is 10.0. The largest absolute Gasteiger partial charge is 0.480 e. The Morgan fingerprint density at radius 3 is 1.73 bits per heavy atom. The molecular formula is C39H71N5O5. The number of carbonyl (C=O) groups excluding carboxylic acids is 1. The van der Waals surface area contributed by atoms with Gasteiger partial charge in [-0.2, -0.15) is 0 Å². The summed E-state index contributed by atoms with van der Waals surface area (Å²) in [6, 6.07) is 7.36. The second kappa shape index (κ2) is 33.7. The lowest BCUT2D eigenvalue weighted by Crippen LogP contribution is -2.51. The third-order valence-electron chi connectivity index (χ3n) is 8.53. The summed E-state index contributed by atoms with van der Waals surface area (Å²) < 4.78 is 0.